The molecule has 0 heterocycles. The Hall–Kier alpha value is -1.19. The van der Waals surface area contributed by atoms with Gasteiger partial charge in [0.1, 0.15) is 5.82 Å². The predicted molar refractivity (Wildman–Crippen MR) is 83.3 cm³/mol. The van der Waals surface area contributed by atoms with Crippen LogP contribution in [0.4, 0.5) is 4.39 Å². The lowest BCUT2D eigenvalue weighted by Gasteiger charge is -2.14. The van der Waals surface area contributed by atoms with Crippen molar-refractivity contribution in [3.05, 3.63) is 69.4 Å². The number of aliphatic hydroxyl groups is 1. The second-order valence-corrected chi connectivity index (χ2v) is 6.13. The van der Waals surface area contributed by atoms with Gasteiger partial charge in [-0.1, -0.05) is 60.1 Å². The summed E-state index contributed by atoms with van der Waals surface area (Å²) in [6.45, 7) is 4.28. The van der Waals surface area contributed by atoms with E-state index in [-0.39, 0.29) is 5.82 Å². The van der Waals surface area contributed by atoms with Crippen LogP contribution in [0, 0.1) is 5.82 Å². The van der Waals surface area contributed by atoms with E-state index in [9.17, 15) is 9.50 Å². The van der Waals surface area contributed by atoms with E-state index in [2.05, 4.69) is 29.8 Å². The molecule has 1 unspecified atom stereocenters. The summed E-state index contributed by atoms with van der Waals surface area (Å²) in [5.74, 6) is 0.198. The summed E-state index contributed by atoms with van der Waals surface area (Å²) in [6.07, 6.45) is -0.125. The zero-order valence-electron chi connectivity index (χ0n) is 11.6. The summed E-state index contributed by atoms with van der Waals surface area (Å²) in [6, 6.07) is 12.5. The molecule has 0 aliphatic rings. The maximum atomic E-state index is 13.0. The van der Waals surface area contributed by atoms with Gasteiger partial charge < -0.3 is 5.11 Å². The zero-order valence-corrected chi connectivity index (χ0v) is 13.2. The molecule has 3 heteroatoms. The summed E-state index contributed by atoms with van der Waals surface area (Å²) in [4.78, 5) is 0. The Morgan fingerprint density at radius 2 is 1.65 bits per heavy atom. The van der Waals surface area contributed by atoms with Crippen LogP contribution in [0.25, 0.3) is 0 Å². The number of rotatable bonds is 4. The Balaban J connectivity index is 2.13. The van der Waals surface area contributed by atoms with Gasteiger partial charge in [0, 0.05) is 10.9 Å². The molecule has 20 heavy (non-hydrogen) atoms. The lowest BCUT2D eigenvalue weighted by molar-refractivity contribution is 0.178. The van der Waals surface area contributed by atoms with E-state index in [0.717, 1.165) is 11.1 Å². The molecule has 0 spiro atoms. The van der Waals surface area contributed by atoms with Crippen LogP contribution in [0.3, 0.4) is 0 Å². The Morgan fingerprint density at radius 3 is 2.20 bits per heavy atom. The molecule has 0 radical (unpaired) electrons. The van der Waals surface area contributed by atoms with Crippen molar-refractivity contribution in [2.45, 2.75) is 32.3 Å². The number of hydrogen-bond donors (Lipinski definition) is 1. The minimum absolute atomic E-state index is 0.281. The number of benzene rings is 2. The van der Waals surface area contributed by atoms with E-state index in [4.69, 9.17) is 0 Å². The minimum atomic E-state index is -0.585. The van der Waals surface area contributed by atoms with Crippen molar-refractivity contribution in [2.75, 3.05) is 0 Å². The highest BCUT2D eigenvalue weighted by Crippen LogP contribution is 2.25. The van der Waals surface area contributed by atoms with Gasteiger partial charge in [-0.05, 0) is 34.7 Å². The number of aliphatic hydroxyl groups excluding tert-OH is 1. The van der Waals surface area contributed by atoms with Gasteiger partial charge in [-0.25, -0.2) is 4.39 Å². The molecule has 1 nitrogen and oxygen atoms in total. The third-order valence-electron chi connectivity index (χ3n) is 3.42. The standard InChI is InChI=1S/C17H18BrFO/c1-11(2)12-3-5-13(6-4-12)17(20)9-14-7-8-15(19)10-16(14)18/h3-8,10-11,17,20H,9H2,1-2H3. The average Bonchev–Trinajstić information content (AvgIpc) is 2.42. The van der Waals surface area contributed by atoms with Gasteiger partial charge in [-0.2, -0.15) is 0 Å². The first kappa shape index (κ1) is 15.2. The van der Waals surface area contributed by atoms with E-state index in [1.54, 1.807) is 6.07 Å². The van der Waals surface area contributed by atoms with Crippen LogP contribution in [0.2, 0.25) is 0 Å². The van der Waals surface area contributed by atoms with Crippen LogP contribution in [-0.2, 0) is 6.42 Å². The third-order valence-corrected chi connectivity index (χ3v) is 4.15. The molecule has 2 rings (SSSR count). The molecule has 0 fully saturated rings. The maximum Gasteiger partial charge on any atom is 0.124 e. The first-order valence-corrected chi connectivity index (χ1v) is 7.48. The largest absolute Gasteiger partial charge is 0.388 e. The van der Waals surface area contributed by atoms with Crippen LogP contribution >= 0.6 is 15.9 Å². The topological polar surface area (TPSA) is 20.2 Å². The molecule has 0 saturated carbocycles. The molecular formula is C17H18BrFO. The lowest BCUT2D eigenvalue weighted by atomic mass is 9.97. The lowest BCUT2D eigenvalue weighted by Crippen LogP contribution is -2.03. The second kappa shape index (κ2) is 6.51. The Morgan fingerprint density at radius 1 is 1.05 bits per heavy atom. The molecule has 1 atom stereocenters. The molecule has 0 amide bonds. The maximum absolute atomic E-state index is 13.0. The molecular weight excluding hydrogens is 319 g/mol. The van der Waals surface area contributed by atoms with Gasteiger partial charge >= 0.3 is 0 Å². The number of halogens is 2. The van der Waals surface area contributed by atoms with Crippen LogP contribution in [0.5, 0.6) is 0 Å². The molecule has 0 aliphatic heterocycles. The van der Waals surface area contributed by atoms with Crippen molar-refractivity contribution in [1.82, 2.24) is 0 Å². The first-order valence-electron chi connectivity index (χ1n) is 6.69. The predicted octanol–water partition coefficient (Wildman–Crippen LogP) is 4.99. The van der Waals surface area contributed by atoms with Gasteiger partial charge in [0.15, 0.2) is 0 Å². The molecule has 0 saturated heterocycles. The van der Waals surface area contributed by atoms with E-state index >= 15 is 0 Å². The number of hydrogen-bond acceptors (Lipinski definition) is 1. The Kier molecular flexibility index (Phi) is 4.95. The fraction of sp³-hybridized carbons (Fsp3) is 0.294. The highest BCUT2D eigenvalue weighted by molar-refractivity contribution is 9.10. The quantitative estimate of drug-likeness (QED) is 0.833. The summed E-state index contributed by atoms with van der Waals surface area (Å²) in [7, 11) is 0. The molecule has 0 bridgehead atoms. The molecule has 2 aromatic carbocycles. The third kappa shape index (κ3) is 3.68. The van der Waals surface area contributed by atoms with Crippen LogP contribution in [-0.4, -0.2) is 5.11 Å². The fourth-order valence-electron chi connectivity index (χ4n) is 2.12. The minimum Gasteiger partial charge on any atom is -0.388 e. The van der Waals surface area contributed by atoms with Gasteiger partial charge in [0.05, 0.1) is 6.10 Å². The monoisotopic (exact) mass is 336 g/mol. The van der Waals surface area contributed by atoms with Crippen molar-refractivity contribution in [3.63, 3.8) is 0 Å². The normalized spacial score (nSPS) is 12.7. The van der Waals surface area contributed by atoms with Gasteiger partial charge in [-0.15, -0.1) is 0 Å². The molecule has 0 aromatic heterocycles. The Labute approximate surface area is 127 Å². The van der Waals surface area contributed by atoms with Crippen molar-refractivity contribution in [2.24, 2.45) is 0 Å². The Bertz CT molecular complexity index is 578. The first-order chi connectivity index (χ1) is 9.47. The smallest absolute Gasteiger partial charge is 0.124 e. The molecule has 0 aliphatic carbocycles. The fourth-order valence-corrected chi connectivity index (χ4v) is 2.63. The highest BCUT2D eigenvalue weighted by Gasteiger charge is 2.11. The summed E-state index contributed by atoms with van der Waals surface area (Å²) in [5.41, 5.74) is 3.03. The summed E-state index contributed by atoms with van der Waals surface area (Å²) in [5, 5.41) is 10.3. The zero-order chi connectivity index (χ0) is 14.7. The van der Waals surface area contributed by atoms with Crippen LogP contribution in [0.1, 0.15) is 42.6 Å². The van der Waals surface area contributed by atoms with E-state index in [1.165, 1.54) is 17.7 Å². The average molecular weight is 337 g/mol. The van der Waals surface area contributed by atoms with Gasteiger partial charge in [0.25, 0.3) is 0 Å². The molecule has 1 N–H and O–H groups in total. The van der Waals surface area contributed by atoms with Crippen molar-refractivity contribution >= 4 is 15.9 Å². The summed E-state index contributed by atoms with van der Waals surface area (Å²) < 4.78 is 13.7. The van der Waals surface area contributed by atoms with Crippen molar-refractivity contribution in [3.8, 4) is 0 Å². The second-order valence-electron chi connectivity index (χ2n) is 5.28. The molecule has 106 valence electrons. The van der Waals surface area contributed by atoms with Crippen molar-refractivity contribution < 1.29 is 9.50 Å². The highest BCUT2D eigenvalue weighted by atomic mass is 79.9. The SMILES string of the molecule is CC(C)c1ccc(C(O)Cc2ccc(F)cc2Br)cc1. The van der Waals surface area contributed by atoms with E-state index in [0.29, 0.717) is 16.8 Å². The van der Waals surface area contributed by atoms with E-state index in [1.807, 2.05) is 24.3 Å². The van der Waals surface area contributed by atoms with Crippen LogP contribution in [0.15, 0.2) is 46.9 Å². The van der Waals surface area contributed by atoms with Crippen LogP contribution < -0.4 is 0 Å². The van der Waals surface area contributed by atoms with Crippen molar-refractivity contribution in [1.29, 1.82) is 0 Å². The van der Waals surface area contributed by atoms with E-state index < -0.39 is 6.10 Å². The summed E-state index contributed by atoms with van der Waals surface area (Å²) >= 11 is 3.33. The van der Waals surface area contributed by atoms with Gasteiger partial charge in [0.2, 0.25) is 0 Å². The van der Waals surface area contributed by atoms with Gasteiger partial charge in [-0.3, -0.25) is 0 Å². The molecule has 2 aromatic rings.